The number of aryl methyl sites for hydroxylation is 1. The first-order valence-corrected chi connectivity index (χ1v) is 9.31. The van der Waals surface area contributed by atoms with E-state index in [0.29, 0.717) is 19.5 Å². The number of carbonyl (C=O) groups is 1. The molecule has 3 rings (SSSR count). The van der Waals surface area contributed by atoms with E-state index in [9.17, 15) is 13.2 Å². The van der Waals surface area contributed by atoms with Gasteiger partial charge in [-0.15, -0.1) is 0 Å². The number of hydrogen-bond acceptors (Lipinski definition) is 3. The normalized spacial score (nSPS) is 14.9. The van der Waals surface area contributed by atoms with Crippen molar-refractivity contribution in [1.29, 1.82) is 0 Å². The zero-order valence-corrected chi connectivity index (χ0v) is 14.3. The summed E-state index contributed by atoms with van der Waals surface area (Å²) in [6, 6.07) is 15.3. The topological polar surface area (TPSA) is 66.5 Å². The van der Waals surface area contributed by atoms with Gasteiger partial charge in [0.2, 0.25) is 5.91 Å². The van der Waals surface area contributed by atoms with E-state index in [4.69, 9.17) is 0 Å². The summed E-state index contributed by atoms with van der Waals surface area (Å²) in [5.41, 5.74) is 3.98. The second kappa shape index (κ2) is 6.75. The van der Waals surface area contributed by atoms with Gasteiger partial charge in [0.1, 0.15) is 0 Å². The molecule has 0 bridgehead atoms. The number of benzene rings is 2. The van der Waals surface area contributed by atoms with Gasteiger partial charge >= 0.3 is 10.2 Å². The van der Waals surface area contributed by atoms with Crippen molar-refractivity contribution < 1.29 is 13.2 Å². The van der Waals surface area contributed by atoms with Crippen molar-refractivity contribution in [2.24, 2.45) is 0 Å². The first-order chi connectivity index (χ1) is 11.4. The van der Waals surface area contributed by atoms with E-state index in [1.54, 1.807) is 0 Å². The molecule has 1 aliphatic rings. The monoisotopic (exact) mass is 344 g/mol. The van der Waals surface area contributed by atoms with Gasteiger partial charge in [0, 0.05) is 13.1 Å². The smallest absolute Gasteiger partial charge is 0.274 e. The van der Waals surface area contributed by atoms with Gasteiger partial charge in [0.05, 0.1) is 6.42 Å². The Bertz CT molecular complexity index is 862. The summed E-state index contributed by atoms with van der Waals surface area (Å²) in [5.74, 6) is -0.514. The maximum atomic E-state index is 12.5. The van der Waals surface area contributed by atoms with Crippen LogP contribution in [0.3, 0.4) is 0 Å². The number of rotatable bonds is 4. The second-order valence-electron chi connectivity index (χ2n) is 6.05. The van der Waals surface area contributed by atoms with Crippen molar-refractivity contribution in [3.8, 4) is 0 Å². The molecule has 2 aromatic rings. The third-order valence-electron chi connectivity index (χ3n) is 4.13. The van der Waals surface area contributed by atoms with E-state index in [1.165, 1.54) is 4.31 Å². The molecule has 0 saturated carbocycles. The highest BCUT2D eigenvalue weighted by atomic mass is 32.2. The molecule has 1 N–H and O–H groups in total. The van der Waals surface area contributed by atoms with E-state index < -0.39 is 16.1 Å². The molecule has 2 aromatic carbocycles. The molecule has 1 amide bonds. The zero-order chi connectivity index (χ0) is 17.2. The number of nitrogens with zero attached hydrogens (tertiary/aromatic N) is 1. The number of fused-ring (bicyclic) bond motifs is 1. The Morgan fingerprint density at radius 2 is 1.88 bits per heavy atom. The van der Waals surface area contributed by atoms with Crippen LogP contribution >= 0.6 is 0 Å². The van der Waals surface area contributed by atoms with Gasteiger partial charge < -0.3 is 0 Å². The Morgan fingerprint density at radius 1 is 1.12 bits per heavy atom. The van der Waals surface area contributed by atoms with Crippen molar-refractivity contribution in [2.45, 2.75) is 26.3 Å². The summed E-state index contributed by atoms with van der Waals surface area (Å²) in [5, 5.41) is 0. The fourth-order valence-electron chi connectivity index (χ4n) is 2.93. The van der Waals surface area contributed by atoms with Crippen LogP contribution in [-0.4, -0.2) is 25.2 Å². The lowest BCUT2D eigenvalue weighted by Gasteiger charge is -2.27. The van der Waals surface area contributed by atoms with Crippen LogP contribution in [0.2, 0.25) is 0 Å². The van der Waals surface area contributed by atoms with Gasteiger partial charge in [-0.3, -0.25) is 4.79 Å². The summed E-state index contributed by atoms with van der Waals surface area (Å²) in [4.78, 5) is 12.1. The van der Waals surface area contributed by atoms with Gasteiger partial charge in [-0.1, -0.05) is 54.1 Å². The molecule has 0 spiro atoms. The molecule has 5 nitrogen and oxygen atoms in total. The Hall–Kier alpha value is -2.18. The predicted molar refractivity (Wildman–Crippen MR) is 92.5 cm³/mol. The van der Waals surface area contributed by atoms with E-state index in [2.05, 4.69) is 4.72 Å². The molecular weight excluding hydrogens is 324 g/mol. The van der Waals surface area contributed by atoms with Crippen LogP contribution in [0, 0.1) is 6.92 Å². The Morgan fingerprint density at radius 3 is 2.62 bits per heavy atom. The molecule has 126 valence electrons. The summed E-state index contributed by atoms with van der Waals surface area (Å²) in [6.45, 7) is 2.61. The molecule has 0 fully saturated rings. The van der Waals surface area contributed by atoms with Crippen molar-refractivity contribution >= 4 is 16.1 Å². The van der Waals surface area contributed by atoms with E-state index in [0.717, 1.165) is 22.3 Å². The second-order valence-corrected chi connectivity index (χ2v) is 7.72. The number of nitrogens with one attached hydrogen (secondary N) is 1. The van der Waals surface area contributed by atoms with E-state index in [1.807, 2.05) is 55.5 Å². The average molecular weight is 344 g/mol. The third kappa shape index (κ3) is 3.83. The number of carbonyl (C=O) groups excluding carboxylic acids is 1. The van der Waals surface area contributed by atoms with Crippen LogP contribution in [0.15, 0.2) is 48.5 Å². The maximum absolute atomic E-state index is 12.5. The highest BCUT2D eigenvalue weighted by Gasteiger charge is 2.27. The number of hydrogen-bond donors (Lipinski definition) is 1. The Kier molecular flexibility index (Phi) is 4.69. The summed E-state index contributed by atoms with van der Waals surface area (Å²) in [7, 11) is -3.82. The third-order valence-corrected chi connectivity index (χ3v) is 5.60. The van der Waals surface area contributed by atoms with E-state index >= 15 is 0 Å². The highest BCUT2D eigenvalue weighted by molar-refractivity contribution is 7.87. The lowest BCUT2D eigenvalue weighted by molar-refractivity contribution is -0.118. The largest absolute Gasteiger partial charge is 0.304 e. The van der Waals surface area contributed by atoms with Crippen molar-refractivity contribution in [2.75, 3.05) is 6.54 Å². The van der Waals surface area contributed by atoms with Crippen molar-refractivity contribution in [1.82, 2.24) is 9.03 Å². The van der Waals surface area contributed by atoms with Crippen molar-refractivity contribution in [3.05, 3.63) is 70.8 Å². The minimum Gasteiger partial charge on any atom is -0.274 e. The molecule has 6 heteroatoms. The molecule has 0 radical (unpaired) electrons. The summed E-state index contributed by atoms with van der Waals surface area (Å²) >= 11 is 0. The van der Waals surface area contributed by atoms with Crippen LogP contribution in [0.1, 0.15) is 22.3 Å². The molecule has 0 atom stereocenters. The average Bonchev–Trinajstić information content (AvgIpc) is 2.53. The molecule has 0 aliphatic carbocycles. The molecule has 24 heavy (non-hydrogen) atoms. The maximum Gasteiger partial charge on any atom is 0.304 e. The molecule has 0 aromatic heterocycles. The van der Waals surface area contributed by atoms with Gasteiger partial charge in [0.25, 0.3) is 0 Å². The lowest BCUT2D eigenvalue weighted by atomic mass is 10.0. The van der Waals surface area contributed by atoms with Crippen LogP contribution in [-0.2, 0) is 34.4 Å². The molecule has 1 heterocycles. The van der Waals surface area contributed by atoms with Crippen LogP contribution in [0.25, 0.3) is 0 Å². The summed E-state index contributed by atoms with van der Waals surface area (Å²) in [6.07, 6.45) is 0.703. The fraction of sp³-hybridized carbons (Fsp3) is 0.278. The molecule has 0 saturated heterocycles. The lowest BCUT2D eigenvalue weighted by Crippen LogP contribution is -2.46. The minimum atomic E-state index is -3.82. The van der Waals surface area contributed by atoms with E-state index in [-0.39, 0.29) is 6.42 Å². The molecule has 1 aliphatic heterocycles. The van der Waals surface area contributed by atoms with Gasteiger partial charge in [0.15, 0.2) is 0 Å². The Balaban J connectivity index is 1.67. The fourth-order valence-corrected chi connectivity index (χ4v) is 4.06. The Labute approximate surface area is 142 Å². The van der Waals surface area contributed by atoms with Crippen molar-refractivity contribution in [3.63, 3.8) is 0 Å². The van der Waals surface area contributed by atoms with Crippen LogP contribution in [0.4, 0.5) is 0 Å². The standard InChI is InChI=1S/C18H20N2O3S/c1-14-5-4-6-15(11-14)12-18(21)19-24(22,23)20-10-9-16-7-2-3-8-17(16)13-20/h2-8,11H,9-10,12-13H2,1H3,(H,19,21). The summed E-state index contributed by atoms with van der Waals surface area (Å²) < 4.78 is 28.4. The SMILES string of the molecule is Cc1cccc(CC(=O)NS(=O)(=O)N2CCc3ccccc3C2)c1. The van der Waals surface area contributed by atoms with Crippen LogP contribution in [0.5, 0.6) is 0 Å². The zero-order valence-electron chi connectivity index (χ0n) is 13.5. The first-order valence-electron chi connectivity index (χ1n) is 7.87. The van der Waals surface area contributed by atoms with Gasteiger partial charge in [-0.25, -0.2) is 4.72 Å². The first kappa shape index (κ1) is 16.7. The van der Waals surface area contributed by atoms with Crippen LogP contribution < -0.4 is 4.72 Å². The van der Waals surface area contributed by atoms with Gasteiger partial charge in [-0.05, 0) is 30.0 Å². The predicted octanol–water partition coefficient (Wildman–Crippen LogP) is 1.96. The molecular formula is C18H20N2O3S. The molecule has 0 unspecified atom stereocenters. The highest BCUT2D eigenvalue weighted by Crippen LogP contribution is 2.20. The minimum absolute atomic E-state index is 0.0470. The quantitative estimate of drug-likeness (QED) is 0.922. The van der Waals surface area contributed by atoms with Gasteiger partial charge in [-0.2, -0.15) is 12.7 Å². The number of amides is 1.